The Hall–Kier alpha value is -0.940. The molecule has 2 atom stereocenters. The molecule has 4 nitrogen and oxygen atoms in total. The highest BCUT2D eigenvalue weighted by Crippen LogP contribution is 2.30. The van der Waals surface area contributed by atoms with Crippen molar-refractivity contribution in [3.63, 3.8) is 0 Å². The van der Waals surface area contributed by atoms with Gasteiger partial charge in [0.15, 0.2) is 5.79 Å². The monoisotopic (exact) mass is 266 g/mol. The van der Waals surface area contributed by atoms with Crippen LogP contribution in [0.1, 0.15) is 25.8 Å². The van der Waals surface area contributed by atoms with E-state index < -0.39 is 5.79 Å². The van der Waals surface area contributed by atoms with E-state index in [0.29, 0.717) is 19.6 Å². The van der Waals surface area contributed by atoms with Gasteiger partial charge in [0.05, 0.1) is 19.3 Å². The molecule has 2 rings (SSSR count). The molecular formula is C15H22O4. The molecule has 1 heterocycles. The van der Waals surface area contributed by atoms with Gasteiger partial charge in [0.1, 0.15) is 6.10 Å². The summed E-state index contributed by atoms with van der Waals surface area (Å²) in [4.78, 5) is 0. The van der Waals surface area contributed by atoms with Crippen LogP contribution < -0.4 is 0 Å². The maximum absolute atomic E-state index is 9.04. The van der Waals surface area contributed by atoms with Gasteiger partial charge in [-0.25, -0.2) is 0 Å². The molecule has 0 aliphatic carbocycles. The minimum atomic E-state index is -0.597. The Morgan fingerprint density at radius 1 is 1.16 bits per heavy atom. The van der Waals surface area contributed by atoms with E-state index in [1.165, 1.54) is 0 Å². The van der Waals surface area contributed by atoms with Crippen molar-refractivity contribution in [2.75, 3.05) is 13.2 Å². The molecule has 0 spiro atoms. The molecule has 0 aromatic heterocycles. The third-order valence-electron chi connectivity index (χ3n) is 3.09. The van der Waals surface area contributed by atoms with Crippen molar-refractivity contribution in [3.05, 3.63) is 35.9 Å². The Labute approximate surface area is 114 Å². The molecule has 106 valence electrons. The van der Waals surface area contributed by atoms with Crippen LogP contribution in [-0.2, 0) is 20.8 Å². The number of hydrogen-bond donors (Lipinski definition) is 1. The maximum Gasteiger partial charge on any atom is 0.163 e. The summed E-state index contributed by atoms with van der Waals surface area (Å²) in [6.45, 7) is 4.90. The third kappa shape index (κ3) is 4.28. The maximum atomic E-state index is 9.04. The van der Waals surface area contributed by atoms with Crippen LogP contribution in [0.4, 0.5) is 0 Å². The molecule has 19 heavy (non-hydrogen) atoms. The number of benzene rings is 1. The lowest BCUT2D eigenvalue weighted by Crippen LogP contribution is -2.28. The van der Waals surface area contributed by atoms with Crippen LogP contribution in [0.25, 0.3) is 0 Å². The lowest BCUT2D eigenvalue weighted by atomic mass is 10.1. The second-order valence-electron chi connectivity index (χ2n) is 5.23. The van der Waals surface area contributed by atoms with E-state index >= 15 is 0 Å². The van der Waals surface area contributed by atoms with Crippen molar-refractivity contribution in [1.29, 1.82) is 0 Å². The molecule has 4 heteroatoms. The minimum absolute atomic E-state index is 0.0965. The molecule has 1 unspecified atom stereocenters. The van der Waals surface area contributed by atoms with Gasteiger partial charge in [0, 0.05) is 6.61 Å². The standard InChI is InChI=1S/C15H22O4/c1-15(2)18-13(8-9-16)14(19-15)11-17-10-12-6-4-3-5-7-12/h3-7,13-14,16H,8-11H2,1-2H3/t13-,14?/m0/s1. The first-order valence-corrected chi connectivity index (χ1v) is 6.69. The predicted octanol–water partition coefficient (Wildman–Crippen LogP) is 2.11. The molecule has 1 N–H and O–H groups in total. The van der Waals surface area contributed by atoms with Crippen molar-refractivity contribution >= 4 is 0 Å². The molecular weight excluding hydrogens is 244 g/mol. The molecule has 1 aromatic carbocycles. The number of aliphatic hydroxyl groups is 1. The summed E-state index contributed by atoms with van der Waals surface area (Å²) in [5, 5.41) is 9.04. The highest BCUT2D eigenvalue weighted by molar-refractivity contribution is 5.13. The Morgan fingerprint density at radius 2 is 1.84 bits per heavy atom. The van der Waals surface area contributed by atoms with E-state index in [4.69, 9.17) is 19.3 Å². The Kier molecular flexibility index (Phi) is 4.93. The Morgan fingerprint density at radius 3 is 2.53 bits per heavy atom. The highest BCUT2D eigenvalue weighted by atomic mass is 16.8. The largest absolute Gasteiger partial charge is 0.396 e. The zero-order valence-electron chi connectivity index (χ0n) is 11.5. The molecule has 1 saturated heterocycles. The smallest absolute Gasteiger partial charge is 0.163 e. The lowest BCUT2D eigenvalue weighted by molar-refractivity contribution is -0.151. The van der Waals surface area contributed by atoms with Gasteiger partial charge in [-0.05, 0) is 25.8 Å². The number of aliphatic hydroxyl groups excluding tert-OH is 1. The summed E-state index contributed by atoms with van der Waals surface area (Å²) in [7, 11) is 0. The SMILES string of the molecule is CC1(C)OC(COCc2ccccc2)[C@H](CCO)O1. The van der Waals surface area contributed by atoms with Gasteiger partial charge in [0.2, 0.25) is 0 Å². The fraction of sp³-hybridized carbons (Fsp3) is 0.600. The van der Waals surface area contributed by atoms with Crippen molar-refractivity contribution < 1.29 is 19.3 Å². The van der Waals surface area contributed by atoms with Crippen LogP contribution in [0.15, 0.2) is 30.3 Å². The normalized spacial score (nSPS) is 25.6. The first kappa shape index (κ1) is 14.5. The zero-order valence-corrected chi connectivity index (χ0v) is 11.5. The quantitative estimate of drug-likeness (QED) is 0.856. The van der Waals surface area contributed by atoms with Crippen LogP contribution in [0.5, 0.6) is 0 Å². The van der Waals surface area contributed by atoms with Crippen LogP contribution in [0.2, 0.25) is 0 Å². The Balaban J connectivity index is 1.81. The summed E-state index contributed by atoms with van der Waals surface area (Å²) in [6, 6.07) is 10.0. The van der Waals surface area contributed by atoms with Crippen molar-refractivity contribution in [2.45, 2.75) is 44.9 Å². The van der Waals surface area contributed by atoms with Crippen molar-refractivity contribution in [3.8, 4) is 0 Å². The number of ether oxygens (including phenoxy) is 3. The van der Waals surface area contributed by atoms with Crippen LogP contribution in [0.3, 0.4) is 0 Å². The predicted molar refractivity (Wildman–Crippen MR) is 71.6 cm³/mol. The van der Waals surface area contributed by atoms with Gasteiger partial charge in [-0.2, -0.15) is 0 Å². The fourth-order valence-electron chi connectivity index (χ4n) is 2.29. The highest BCUT2D eigenvalue weighted by Gasteiger charge is 2.40. The molecule has 0 radical (unpaired) electrons. The van der Waals surface area contributed by atoms with Crippen LogP contribution in [0, 0.1) is 0 Å². The topological polar surface area (TPSA) is 47.9 Å². The summed E-state index contributed by atoms with van der Waals surface area (Å²) >= 11 is 0. The lowest BCUT2D eigenvalue weighted by Gasteiger charge is -2.16. The fourth-order valence-corrected chi connectivity index (χ4v) is 2.29. The number of hydrogen-bond acceptors (Lipinski definition) is 4. The van der Waals surface area contributed by atoms with E-state index in [0.717, 1.165) is 5.56 Å². The van der Waals surface area contributed by atoms with Gasteiger partial charge < -0.3 is 19.3 Å². The molecule has 1 aromatic rings. The minimum Gasteiger partial charge on any atom is -0.396 e. The summed E-state index contributed by atoms with van der Waals surface area (Å²) in [5.74, 6) is -0.597. The average molecular weight is 266 g/mol. The molecule has 1 fully saturated rings. The summed E-state index contributed by atoms with van der Waals surface area (Å²) in [5.41, 5.74) is 1.14. The Bertz CT molecular complexity index is 377. The van der Waals surface area contributed by atoms with E-state index in [1.54, 1.807) is 0 Å². The van der Waals surface area contributed by atoms with Crippen molar-refractivity contribution in [1.82, 2.24) is 0 Å². The average Bonchev–Trinajstić information content (AvgIpc) is 2.66. The van der Waals surface area contributed by atoms with E-state index in [9.17, 15) is 0 Å². The van der Waals surface area contributed by atoms with Gasteiger partial charge in [0.25, 0.3) is 0 Å². The first-order chi connectivity index (χ1) is 9.11. The molecule has 1 aliphatic heterocycles. The van der Waals surface area contributed by atoms with Crippen LogP contribution >= 0.6 is 0 Å². The van der Waals surface area contributed by atoms with Gasteiger partial charge in [-0.3, -0.25) is 0 Å². The van der Waals surface area contributed by atoms with Crippen molar-refractivity contribution in [2.24, 2.45) is 0 Å². The van der Waals surface area contributed by atoms with Gasteiger partial charge in [-0.1, -0.05) is 30.3 Å². The van der Waals surface area contributed by atoms with Gasteiger partial charge in [-0.15, -0.1) is 0 Å². The molecule has 0 saturated carbocycles. The molecule has 1 aliphatic rings. The molecule has 0 amide bonds. The second-order valence-corrected chi connectivity index (χ2v) is 5.23. The second kappa shape index (κ2) is 6.48. The number of rotatable bonds is 6. The summed E-state index contributed by atoms with van der Waals surface area (Å²) in [6.07, 6.45) is 0.352. The van der Waals surface area contributed by atoms with Crippen LogP contribution in [-0.4, -0.2) is 36.3 Å². The first-order valence-electron chi connectivity index (χ1n) is 6.69. The van der Waals surface area contributed by atoms with Gasteiger partial charge >= 0.3 is 0 Å². The van der Waals surface area contributed by atoms with E-state index in [-0.39, 0.29) is 18.8 Å². The third-order valence-corrected chi connectivity index (χ3v) is 3.09. The summed E-state index contributed by atoms with van der Waals surface area (Å²) < 4.78 is 17.2. The van der Waals surface area contributed by atoms with E-state index in [1.807, 2.05) is 44.2 Å². The van der Waals surface area contributed by atoms with E-state index in [2.05, 4.69) is 0 Å². The zero-order chi connectivity index (χ0) is 13.7. The molecule has 0 bridgehead atoms.